The number of aryl methyl sites for hydroxylation is 1. The number of nitrogens with zero attached hydrogens (tertiary/aromatic N) is 2. The molecule has 1 aliphatic rings. The van der Waals surface area contributed by atoms with E-state index in [2.05, 4.69) is 45.6 Å². The van der Waals surface area contributed by atoms with Crippen LogP contribution in [0.2, 0.25) is 0 Å². The molecule has 4 heteroatoms. The van der Waals surface area contributed by atoms with Gasteiger partial charge in [0.15, 0.2) is 0 Å². The monoisotopic (exact) mass is 345 g/mol. The molecule has 0 aliphatic heterocycles. The lowest BCUT2D eigenvalue weighted by Crippen LogP contribution is -2.04. The number of nitrogens with one attached hydrogen (secondary N) is 1. The highest BCUT2D eigenvalue weighted by Crippen LogP contribution is 2.42. The van der Waals surface area contributed by atoms with Crippen molar-refractivity contribution >= 4 is 5.82 Å². The van der Waals surface area contributed by atoms with Crippen molar-refractivity contribution in [3.63, 3.8) is 0 Å². The van der Waals surface area contributed by atoms with Crippen LogP contribution in [0.25, 0.3) is 11.1 Å². The maximum Gasteiger partial charge on any atom is 0.126 e. The summed E-state index contributed by atoms with van der Waals surface area (Å²) in [6.45, 7) is 2.74. The predicted molar refractivity (Wildman–Crippen MR) is 105 cm³/mol. The van der Waals surface area contributed by atoms with E-state index in [4.69, 9.17) is 4.74 Å². The maximum atomic E-state index is 5.39. The molecule has 1 aliphatic carbocycles. The molecule has 0 radical (unpaired) electrons. The van der Waals surface area contributed by atoms with Gasteiger partial charge < -0.3 is 10.1 Å². The lowest BCUT2D eigenvalue weighted by Gasteiger charge is -2.13. The molecular formula is C22H23N3O. The molecule has 2 heterocycles. The Kier molecular flexibility index (Phi) is 4.57. The van der Waals surface area contributed by atoms with Crippen molar-refractivity contribution in [2.75, 3.05) is 12.4 Å². The number of benzene rings is 1. The van der Waals surface area contributed by atoms with Crippen molar-refractivity contribution in [2.45, 2.75) is 32.2 Å². The highest BCUT2D eigenvalue weighted by Gasteiger charge is 2.26. The van der Waals surface area contributed by atoms with E-state index in [-0.39, 0.29) is 0 Å². The predicted octanol–water partition coefficient (Wildman–Crippen LogP) is 4.95. The molecule has 0 spiro atoms. The van der Waals surface area contributed by atoms with E-state index in [1.54, 1.807) is 7.11 Å². The molecule has 1 fully saturated rings. The average Bonchev–Trinajstić information content (AvgIpc) is 3.52. The second kappa shape index (κ2) is 7.16. The van der Waals surface area contributed by atoms with Crippen LogP contribution in [0.15, 0.2) is 54.9 Å². The van der Waals surface area contributed by atoms with Crippen LogP contribution in [0.5, 0.6) is 5.75 Å². The van der Waals surface area contributed by atoms with Crippen LogP contribution < -0.4 is 10.1 Å². The quantitative estimate of drug-likeness (QED) is 0.686. The average molecular weight is 345 g/mol. The van der Waals surface area contributed by atoms with Gasteiger partial charge in [0.05, 0.1) is 7.11 Å². The Morgan fingerprint density at radius 2 is 1.77 bits per heavy atom. The first-order chi connectivity index (χ1) is 12.7. The summed E-state index contributed by atoms with van der Waals surface area (Å²) in [5.74, 6) is 2.49. The lowest BCUT2D eigenvalue weighted by atomic mass is 10.0. The van der Waals surface area contributed by atoms with Gasteiger partial charge in [0.2, 0.25) is 0 Å². The normalized spacial score (nSPS) is 13.5. The topological polar surface area (TPSA) is 47.0 Å². The molecule has 4 rings (SSSR count). The van der Waals surface area contributed by atoms with Crippen molar-refractivity contribution in [3.05, 3.63) is 71.7 Å². The Balaban J connectivity index is 1.47. The molecule has 132 valence electrons. The molecular weight excluding hydrogens is 322 g/mol. The summed E-state index contributed by atoms with van der Waals surface area (Å²) >= 11 is 0. The van der Waals surface area contributed by atoms with Crippen molar-refractivity contribution < 1.29 is 4.74 Å². The van der Waals surface area contributed by atoms with Crippen LogP contribution in [0, 0.1) is 6.92 Å². The van der Waals surface area contributed by atoms with Gasteiger partial charge in [-0.2, -0.15) is 0 Å². The standard InChI is InChI=1S/C22H23N3O/c1-15-3-4-17(12-23-15)18-7-10-22(24-13-18)25-14-19-11-20(26-2)8-9-21(19)16-5-6-16/h3-4,7-13,16H,5-6,14H2,1-2H3,(H,24,25). The fourth-order valence-corrected chi connectivity index (χ4v) is 3.15. The van der Waals surface area contributed by atoms with E-state index < -0.39 is 0 Å². The van der Waals surface area contributed by atoms with Crippen LogP contribution in [0.1, 0.15) is 35.6 Å². The zero-order valence-corrected chi connectivity index (χ0v) is 15.2. The maximum absolute atomic E-state index is 5.39. The third-order valence-electron chi connectivity index (χ3n) is 4.84. The summed E-state index contributed by atoms with van der Waals surface area (Å²) in [6, 6.07) is 14.6. The van der Waals surface area contributed by atoms with Crippen molar-refractivity contribution in [3.8, 4) is 16.9 Å². The van der Waals surface area contributed by atoms with Gasteiger partial charge >= 0.3 is 0 Å². The van der Waals surface area contributed by atoms with E-state index >= 15 is 0 Å². The number of anilines is 1. The number of pyridine rings is 2. The second-order valence-corrected chi connectivity index (χ2v) is 6.81. The number of rotatable bonds is 6. The van der Waals surface area contributed by atoms with E-state index in [0.29, 0.717) is 5.92 Å². The van der Waals surface area contributed by atoms with Crippen LogP contribution in [0.3, 0.4) is 0 Å². The Morgan fingerprint density at radius 1 is 1.00 bits per heavy atom. The Bertz CT molecular complexity index is 884. The second-order valence-electron chi connectivity index (χ2n) is 6.81. The van der Waals surface area contributed by atoms with Gasteiger partial charge in [0.1, 0.15) is 11.6 Å². The lowest BCUT2D eigenvalue weighted by molar-refractivity contribution is 0.414. The number of ether oxygens (including phenoxy) is 1. The van der Waals surface area contributed by atoms with Gasteiger partial charge in [-0.1, -0.05) is 12.1 Å². The highest BCUT2D eigenvalue weighted by molar-refractivity contribution is 5.62. The minimum atomic E-state index is 0.710. The molecule has 4 nitrogen and oxygen atoms in total. The first-order valence-corrected chi connectivity index (χ1v) is 9.03. The van der Waals surface area contributed by atoms with Gasteiger partial charge in [-0.05, 0) is 67.1 Å². The van der Waals surface area contributed by atoms with Crippen LogP contribution in [0.4, 0.5) is 5.82 Å². The molecule has 1 N–H and O–H groups in total. The summed E-state index contributed by atoms with van der Waals surface area (Å²) in [7, 11) is 1.71. The molecule has 0 saturated heterocycles. The summed E-state index contributed by atoms with van der Waals surface area (Å²) in [5.41, 5.74) is 5.90. The van der Waals surface area contributed by atoms with E-state index in [0.717, 1.165) is 34.9 Å². The fourth-order valence-electron chi connectivity index (χ4n) is 3.15. The van der Waals surface area contributed by atoms with Gasteiger partial charge in [-0.3, -0.25) is 4.98 Å². The zero-order chi connectivity index (χ0) is 17.9. The van der Waals surface area contributed by atoms with Gasteiger partial charge in [0.25, 0.3) is 0 Å². The number of hydrogen-bond acceptors (Lipinski definition) is 4. The van der Waals surface area contributed by atoms with E-state index in [9.17, 15) is 0 Å². The molecule has 0 amide bonds. The molecule has 0 atom stereocenters. The molecule has 0 bridgehead atoms. The number of hydrogen-bond donors (Lipinski definition) is 1. The molecule has 1 saturated carbocycles. The Morgan fingerprint density at radius 3 is 2.38 bits per heavy atom. The van der Waals surface area contributed by atoms with E-state index in [1.807, 2.05) is 31.5 Å². The van der Waals surface area contributed by atoms with Gasteiger partial charge in [-0.15, -0.1) is 0 Å². The first kappa shape index (κ1) is 16.6. The van der Waals surface area contributed by atoms with E-state index in [1.165, 1.54) is 24.0 Å². The van der Waals surface area contributed by atoms with Crippen molar-refractivity contribution in [1.82, 2.24) is 9.97 Å². The summed E-state index contributed by atoms with van der Waals surface area (Å²) < 4.78 is 5.39. The SMILES string of the molecule is COc1ccc(C2CC2)c(CNc2ccc(-c3ccc(C)nc3)cn2)c1. The van der Waals surface area contributed by atoms with Crippen LogP contribution in [-0.4, -0.2) is 17.1 Å². The molecule has 1 aromatic carbocycles. The third-order valence-corrected chi connectivity index (χ3v) is 4.84. The minimum Gasteiger partial charge on any atom is -0.497 e. The van der Waals surface area contributed by atoms with Crippen LogP contribution in [-0.2, 0) is 6.54 Å². The van der Waals surface area contributed by atoms with Crippen molar-refractivity contribution in [1.29, 1.82) is 0 Å². The fraction of sp³-hybridized carbons (Fsp3) is 0.273. The Hall–Kier alpha value is -2.88. The molecule has 26 heavy (non-hydrogen) atoms. The van der Waals surface area contributed by atoms with Gasteiger partial charge in [-0.25, -0.2) is 4.98 Å². The highest BCUT2D eigenvalue weighted by atomic mass is 16.5. The largest absolute Gasteiger partial charge is 0.497 e. The zero-order valence-electron chi connectivity index (χ0n) is 15.2. The first-order valence-electron chi connectivity index (χ1n) is 9.03. The van der Waals surface area contributed by atoms with Gasteiger partial charge in [0, 0.05) is 35.8 Å². The summed E-state index contributed by atoms with van der Waals surface area (Å²) in [5, 5.41) is 3.44. The Labute approximate surface area is 154 Å². The molecule has 3 aromatic rings. The minimum absolute atomic E-state index is 0.710. The number of aromatic nitrogens is 2. The molecule has 0 unspecified atom stereocenters. The smallest absolute Gasteiger partial charge is 0.126 e. The summed E-state index contributed by atoms with van der Waals surface area (Å²) in [6.07, 6.45) is 6.35. The number of methoxy groups -OCH3 is 1. The van der Waals surface area contributed by atoms with Crippen molar-refractivity contribution in [2.24, 2.45) is 0 Å². The van der Waals surface area contributed by atoms with Crippen LogP contribution >= 0.6 is 0 Å². The summed E-state index contributed by atoms with van der Waals surface area (Å²) in [4.78, 5) is 8.90. The third kappa shape index (κ3) is 3.69. The molecule has 2 aromatic heterocycles.